The van der Waals surface area contributed by atoms with Crippen molar-refractivity contribution in [3.8, 4) is 5.75 Å². The molecule has 0 fully saturated rings. The van der Waals surface area contributed by atoms with E-state index in [1.54, 1.807) is 42.5 Å². The summed E-state index contributed by atoms with van der Waals surface area (Å²) in [6.45, 7) is 1.79. The summed E-state index contributed by atoms with van der Waals surface area (Å²) in [5, 5.41) is 11.7. The molecule has 1 amide bonds. The van der Waals surface area contributed by atoms with Crippen molar-refractivity contribution in [2.45, 2.75) is 6.92 Å². The minimum atomic E-state index is -0.247. The lowest BCUT2D eigenvalue weighted by molar-refractivity contribution is -0.118. The Bertz CT molecular complexity index is 941. The maximum absolute atomic E-state index is 12.1. The second-order valence-electron chi connectivity index (χ2n) is 5.83. The zero-order valence-electron chi connectivity index (χ0n) is 14.7. The van der Waals surface area contributed by atoms with Crippen molar-refractivity contribution in [1.29, 1.82) is 0 Å². The van der Waals surface area contributed by atoms with Crippen LogP contribution in [0.25, 0.3) is 0 Å². The van der Waals surface area contributed by atoms with Gasteiger partial charge in [-0.2, -0.15) is 10.2 Å². The highest BCUT2D eigenvalue weighted by atomic mass is 35.5. The average Bonchev–Trinajstić information content (AvgIpc) is 2.67. The van der Waals surface area contributed by atoms with Gasteiger partial charge < -0.3 is 10.1 Å². The van der Waals surface area contributed by atoms with Crippen molar-refractivity contribution in [3.63, 3.8) is 0 Å². The van der Waals surface area contributed by atoms with E-state index in [1.165, 1.54) is 0 Å². The van der Waals surface area contributed by atoms with Gasteiger partial charge in [0.05, 0.1) is 11.4 Å². The summed E-state index contributed by atoms with van der Waals surface area (Å²) in [5.74, 6) is 0.384. The minimum Gasteiger partial charge on any atom is -0.483 e. The number of carbonyl (C=O) groups is 1. The Labute approximate surface area is 162 Å². The molecule has 0 aliphatic carbocycles. The number of benzene rings is 3. The van der Waals surface area contributed by atoms with E-state index in [4.69, 9.17) is 16.3 Å². The van der Waals surface area contributed by atoms with Gasteiger partial charge in [0.2, 0.25) is 0 Å². The van der Waals surface area contributed by atoms with Crippen LogP contribution in [0.15, 0.2) is 83.0 Å². The summed E-state index contributed by atoms with van der Waals surface area (Å²) in [7, 11) is 0. The van der Waals surface area contributed by atoms with E-state index in [2.05, 4.69) is 15.5 Å². The molecule has 6 heteroatoms. The van der Waals surface area contributed by atoms with E-state index in [-0.39, 0.29) is 12.5 Å². The first-order chi connectivity index (χ1) is 13.1. The monoisotopic (exact) mass is 379 g/mol. The zero-order valence-corrected chi connectivity index (χ0v) is 15.5. The molecule has 3 aromatic rings. The molecule has 0 saturated heterocycles. The van der Waals surface area contributed by atoms with Gasteiger partial charge in [0, 0.05) is 10.7 Å². The first-order valence-corrected chi connectivity index (χ1v) is 8.73. The maximum Gasteiger partial charge on any atom is 0.262 e. The molecule has 0 aliphatic heterocycles. The van der Waals surface area contributed by atoms with Crippen molar-refractivity contribution in [2.24, 2.45) is 10.2 Å². The molecule has 3 aromatic carbocycles. The van der Waals surface area contributed by atoms with Crippen molar-refractivity contribution in [3.05, 3.63) is 83.4 Å². The van der Waals surface area contributed by atoms with Gasteiger partial charge in [0.1, 0.15) is 5.75 Å². The number of rotatable bonds is 6. The highest BCUT2D eigenvalue weighted by Crippen LogP contribution is 2.22. The second-order valence-corrected chi connectivity index (χ2v) is 6.27. The summed E-state index contributed by atoms with van der Waals surface area (Å²) in [5.41, 5.74) is 3.02. The number of nitrogens with one attached hydrogen (secondary N) is 1. The van der Waals surface area contributed by atoms with Crippen LogP contribution in [0.1, 0.15) is 5.56 Å². The van der Waals surface area contributed by atoms with Gasteiger partial charge in [-0.15, -0.1) is 0 Å². The number of hydrogen-bond donors (Lipinski definition) is 1. The Morgan fingerprint density at radius 3 is 2.30 bits per heavy atom. The predicted octanol–water partition coefficient (Wildman–Crippen LogP) is 6.08. The Hall–Kier alpha value is -3.18. The normalized spacial score (nSPS) is 10.7. The summed E-state index contributed by atoms with van der Waals surface area (Å²) in [6.07, 6.45) is 0. The SMILES string of the molecule is Cc1cc(Cl)ccc1OCC(=O)Nc1ccc(N=Nc2ccccc2)cc1. The van der Waals surface area contributed by atoms with Gasteiger partial charge in [0.15, 0.2) is 6.61 Å². The van der Waals surface area contributed by atoms with E-state index < -0.39 is 0 Å². The van der Waals surface area contributed by atoms with Crippen LogP contribution in [0.2, 0.25) is 5.02 Å². The summed E-state index contributed by atoms with van der Waals surface area (Å²) in [6, 6.07) is 21.9. The van der Waals surface area contributed by atoms with Gasteiger partial charge in [-0.05, 0) is 67.1 Å². The fraction of sp³-hybridized carbons (Fsp3) is 0.0952. The number of carbonyl (C=O) groups excluding carboxylic acids is 1. The molecule has 27 heavy (non-hydrogen) atoms. The van der Waals surface area contributed by atoms with E-state index in [0.717, 1.165) is 11.3 Å². The summed E-state index contributed by atoms with van der Waals surface area (Å²) >= 11 is 5.91. The zero-order chi connectivity index (χ0) is 19.1. The average molecular weight is 380 g/mol. The molecule has 0 heterocycles. The lowest BCUT2D eigenvalue weighted by Gasteiger charge is -2.10. The van der Waals surface area contributed by atoms with Crippen LogP contribution in [0.5, 0.6) is 5.75 Å². The molecule has 0 atom stereocenters. The molecule has 0 bridgehead atoms. The van der Waals surface area contributed by atoms with Crippen LogP contribution < -0.4 is 10.1 Å². The third-order valence-electron chi connectivity index (χ3n) is 3.68. The minimum absolute atomic E-state index is 0.0854. The summed E-state index contributed by atoms with van der Waals surface area (Å²) in [4.78, 5) is 12.1. The highest BCUT2D eigenvalue weighted by Gasteiger charge is 2.06. The Morgan fingerprint density at radius 2 is 1.63 bits per heavy atom. The molecular formula is C21H18ClN3O2. The van der Waals surface area contributed by atoms with Crippen molar-refractivity contribution < 1.29 is 9.53 Å². The largest absolute Gasteiger partial charge is 0.483 e. The molecule has 136 valence electrons. The van der Waals surface area contributed by atoms with Crippen molar-refractivity contribution in [1.82, 2.24) is 0 Å². The van der Waals surface area contributed by atoms with Crippen molar-refractivity contribution in [2.75, 3.05) is 11.9 Å². The number of anilines is 1. The fourth-order valence-corrected chi connectivity index (χ4v) is 2.56. The standard InChI is InChI=1S/C21H18ClN3O2/c1-15-13-16(22)7-12-20(15)27-14-21(26)23-17-8-10-19(11-9-17)25-24-18-5-3-2-4-6-18/h2-13H,14H2,1H3,(H,23,26). The molecule has 3 rings (SSSR count). The summed E-state index contributed by atoms with van der Waals surface area (Å²) < 4.78 is 5.53. The van der Waals surface area contributed by atoms with Crippen LogP contribution in [-0.2, 0) is 4.79 Å². The predicted molar refractivity (Wildman–Crippen MR) is 107 cm³/mol. The first kappa shape index (κ1) is 18.6. The Balaban J connectivity index is 1.53. The van der Waals surface area contributed by atoms with Crippen LogP contribution in [0.3, 0.4) is 0 Å². The third kappa shape index (κ3) is 5.66. The lowest BCUT2D eigenvalue weighted by atomic mass is 10.2. The maximum atomic E-state index is 12.1. The topological polar surface area (TPSA) is 63.0 Å². The van der Waals surface area contributed by atoms with Gasteiger partial charge >= 0.3 is 0 Å². The quantitative estimate of drug-likeness (QED) is 0.527. The van der Waals surface area contributed by atoms with Crippen molar-refractivity contribution >= 4 is 34.6 Å². The molecule has 5 nitrogen and oxygen atoms in total. The van der Waals surface area contributed by atoms with E-state index in [1.807, 2.05) is 37.3 Å². The van der Waals surface area contributed by atoms with E-state index in [9.17, 15) is 4.79 Å². The van der Waals surface area contributed by atoms with E-state index in [0.29, 0.717) is 22.1 Å². The molecule has 0 aliphatic rings. The number of hydrogen-bond acceptors (Lipinski definition) is 4. The van der Waals surface area contributed by atoms with Gasteiger partial charge in [0.25, 0.3) is 5.91 Å². The van der Waals surface area contributed by atoms with Crippen LogP contribution in [0, 0.1) is 6.92 Å². The van der Waals surface area contributed by atoms with E-state index >= 15 is 0 Å². The molecule has 1 N–H and O–H groups in total. The number of aryl methyl sites for hydroxylation is 1. The fourth-order valence-electron chi connectivity index (χ4n) is 2.34. The molecule has 0 saturated carbocycles. The first-order valence-electron chi connectivity index (χ1n) is 8.36. The Kier molecular flexibility index (Phi) is 6.18. The number of nitrogens with zero attached hydrogens (tertiary/aromatic N) is 2. The highest BCUT2D eigenvalue weighted by molar-refractivity contribution is 6.30. The van der Waals surface area contributed by atoms with Gasteiger partial charge in [-0.1, -0.05) is 29.8 Å². The number of halogens is 1. The Morgan fingerprint density at radius 1 is 0.963 bits per heavy atom. The number of azo groups is 1. The van der Waals surface area contributed by atoms with Gasteiger partial charge in [-0.25, -0.2) is 0 Å². The molecule has 0 unspecified atom stereocenters. The lowest BCUT2D eigenvalue weighted by Crippen LogP contribution is -2.20. The van der Waals surface area contributed by atoms with Crippen LogP contribution >= 0.6 is 11.6 Å². The molecular weight excluding hydrogens is 362 g/mol. The molecule has 0 spiro atoms. The molecule has 0 radical (unpaired) electrons. The third-order valence-corrected chi connectivity index (χ3v) is 3.92. The number of amides is 1. The van der Waals surface area contributed by atoms with Crippen LogP contribution in [0.4, 0.5) is 17.1 Å². The van der Waals surface area contributed by atoms with Crippen LogP contribution in [-0.4, -0.2) is 12.5 Å². The molecule has 0 aromatic heterocycles. The van der Waals surface area contributed by atoms with Gasteiger partial charge in [-0.3, -0.25) is 4.79 Å². The second kappa shape index (κ2) is 8.96. The smallest absolute Gasteiger partial charge is 0.262 e. The number of ether oxygens (including phenoxy) is 1.